The molecular weight excluding hydrogens is 327 g/mol. The van der Waals surface area contributed by atoms with Crippen LogP contribution in [0, 0.1) is 0 Å². The predicted molar refractivity (Wildman–Crippen MR) is 68.2 cm³/mol. The first-order valence-electron chi connectivity index (χ1n) is 5.27. The van der Waals surface area contributed by atoms with E-state index in [9.17, 15) is 18.0 Å². The van der Waals surface area contributed by atoms with E-state index < -0.39 is 18.6 Å². The number of carbonyl (C=O) groups excluding carboxylic acids is 1. The van der Waals surface area contributed by atoms with Crippen LogP contribution in [0.25, 0.3) is 0 Å². The topological polar surface area (TPSA) is 58.4 Å². The summed E-state index contributed by atoms with van der Waals surface area (Å²) >= 11 is 3.22. The van der Waals surface area contributed by atoms with Crippen LogP contribution in [0.1, 0.15) is 15.9 Å². The predicted octanol–water partition coefficient (Wildman–Crippen LogP) is 2.05. The number of hydrogen-bond acceptors (Lipinski definition) is 3. The van der Waals surface area contributed by atoms with Gasteiger partial charge in [0.2, 0.25) is 0 Å². The smallest absolute Gasteiger partial charge is 0.294 e. The van der Waals surface area contributed by atoms with Crippen molar-refractivity contribution in [2.24, 2.45) is 5.84 Å². The zero-order valence-electron chi connectivity index (χ0n) is 10.1. The highest BCUT2D eigenvalue weighted by atomic mass is 79.9. The van der Waals surface area contributed by atoms with Gasteiger partial charge in [0.15, 0.2) is 0 Å². The number of benzene rings is 1. The van der Waals surface area contributed by atoms with Crippen molar-refractivity contribution in [2.75, 3.05) is 13.6 Å². The second-order valence-corrected chi connectivity index (χ2v) is 4.92. The molecule has 0 fully saturated rings. The lowest BCUT2D eigenvalue weighted by Gasteiger charge is -2.19. The summed E-state index contributed by atoms with van der Waals surface area (Å²) in [6.45, 7) is -0.880. The summed E-state index contributed by atoms with van der Waals surface area (Å²) in [5, 5.41) is 0. The molecule has 0 bridgehead atoms. The van der Waals surface area contributed by atoms with Crippen LogP contribution in [0.3, 0.4) is 0 Å². The molecule has 1 aromatic carbocycles. The molecule has 0 atom stereocenters. The number of nitrogens with zero attached hydrogens (tertiary/aromatic N) is 1. The van der Waals surface area contributed by atoms with Gasteiger partial charge in [0, 0.05) is 16.6 Å². The Labute approximate surface area is 116 Å². The van der Waals surface area contributed by atoms with E-state index in [0.717, 1.165) is 4.90 Å². The molecule has 0 aliphatic carbocycles. The lowest BCUT2D eigenvalue weighted by Crippen LogP contribution is -2.31. The maximum atomic E-state index is 12.2. The molecule has 0 aromatic heterocycles. The number of alkyl halides is 3. The van der Waals surface area contributed by atoms with Crippen LogP contribution in [0.4, 0.5) is 13.2 Å². The van der Waals surface area contributed by atoms with Crippen LogP contribution in [-0.4, -0.2) is 30.6 Å². The molecule has 0 spiro atoms. The molecule has 0 saturated heterocycles. The molecule has 0 radical (unpaired) electrons. The average Bonchev–Trinajstić information content (AvgIpc) is 2.28. The third-order valence-electron chi connectivity index (χ3n) is 2.34. The number of amides is 1. The molecule has 1 amide bonds. The first-order chi connectivity index (χ1) is 8.73. The van der Waals surface area contributed by atoms with E-state index >= 15 is 0 Å². The van der Waals surface area contributed by atoms with Gasteiger partial charge in [-0.25, -0.2) is 5.84 Å². The molecule has 0 heterocycles. The van der Waals surface area contributed by atoms with E-state index in [0.29, 0.717) is 15.6 Å². The van der Waals surface area contributed by atoms with E-state index in [1.54, 1.807) is 6.07 Å². The summed E-state index contributed by atoms with van der Waals surface area (Å²) in [6.07, 6.45) is -4.24. The minimum atomic E-state index is -4.24. The van der Waals surface area contributed by atoms with Gasteiger partial charge in [-0.1, -0.05) is 22.0 Å². The second-order valence-electron chi connectivity index (χ2n) is 4.07. The number of nitrogens with two attached hydrogens (primary N) is 1. The van der Waals surface area contributed by atoms with E-state index in [1.807, 2.05) is 5.43 Å². The van der Waals surface area contributed by atoms with Gasteiger partial charge in [-0.3, -0.25) is 15.1 Å². The van der Waals surface area contributed by atoms with Crippen molar-refractivity contribution in [3.63, 3.8) is 0 Å². The second kappa shape index (κ2) is 6.36. The highest BCUT2D eigenvalue weighted by Crippen LogP contribution is 2.22. The van der Waals surface area contributed by atoms with Gasteiger partial charge >= 0.3 is 6.18 Å². The van der Waals surface area contributed by atoms with Gasteiger partial charge in [0.1, 0.15) is 0 Å². The van der Waals surface area contributed by atoms with E-state index in [4.69, 9.17) is 5.84 Å². The maximum Gasteiger partial charge on any atom is 0.401 e. The Morgan fingerprint density at radius 2 is 2.11 bits per heavy atom. The fourth-order valence-electron chi connectivity index (χ4n) is 1.55. The van der Waals surface area contributed by atoms with E-state index in [-0.39, 0.29) is 6.54 Å². The summed E-state index contributed by atoms with van der Waals surface area (Å²) in [5.74, 6) is 4.53. The summed E-state index contributed by atoms with van der Waals surface area (Å²) in [4.78, 5) is 12.4. The normalized spacial score (nSPS) is 11.7. The third-order valence-corrected chi connectivity index (χ3v) is 3.07. The number of hydrazine groups is 1. The average molecular weight is 340 g/mol. The van der Waals surface area contributed by atoms with Crippen LogP contribution >= 0.6 is 15.9 Å². The molecule has 3 N–H and O–H groups in total. The quantitative estimate of drug-likeness (QED) is 0.501. The molecule has 0 saturated carbocycles. The number of carbonyl (C=O) groups is 1. The van der Waals surface area contributed by atoms with Gasteiger partial charge in [-0.05, 0) is 24.7 Å². The SMILES string of the molecule is CN(Cc1ccc(C(=O)NN)cc1Br)CC(F)(F)F. The number of halogens is 4. The van der Waals surface area contributed by atoms with E-state index in [1.165, 1.54) is 19.2 Å². The molecule has 8 heteroatoms. The molecule has 4 nitrogen and oxygen atoms in total. The van der Waals surface area contributed by atoms with Crippen molar-refractivity contribution >= 4 is 21.8 Å². The van der Waals surface area contributed by atoms with Gasteiger partial charge in [0.05, 0.1) is 6.54 Å². The van der Waals surface area contributed by atoms with Crippen molar-refractivity contribution < 1.29 is 18.0 Å². The van der Waals surface area contributed by atoms with E-state index in [2.05, 4.69) is 15.9 Å². The maximum absolute atomic E-state index is 12.2. The highest BCUT2D eigenvalue weighted by Gasteiger charge is 2.29. The van der Waals surface area contributed by atoms with Crippen LogP contribution in [-0.2, 0) is 6.54 Å². The van der Waals surface area contributed by atoms with Crippen LogP contribution in [0.15, 0.2) is 22.7 Å². The van der Waals surface area contributed by atoms with Crippen molar-refractivity contribution in [3.05, 3.63) is 33.8 Å². The van der Waals surface area contributed by atoms with Crippen molar-refractivity contribution in [3.8, 4) is 0 Å². The summed E-state index contributed by atoms with van der Waals surface area (Å²) < 4.78 is 37.2. The zero-order chi connectivity index (χ0) is 14.6. The summed E-state index contributed by atoms with van der Waals surface area (Å²) in [7, 11) is 1.38. The lowest BCUT2D eigenvalue weighted by molar-refractivity contribution is -0.144. The van der Waals surface area contributed by atoms with Crippen LogP contribution in [0.5, 0.6) is 0 Å². The Bertz CT molecular complexity index is 465. The van der Waals surface area contributed by atoms with Crippen molar-refractivity contribution in [2.45, 2.75) is 12.7 Å². The Morgan fingerprint density at radius 3 is 2.58 bits per heavy atom. The molecule has 0 unspecified atom stereocenters. The number of nitrogens with one attached hydrogen (secondary N) is 1. The first-order valence-corrected chi connectivity index (χ1v) is 6.07. The molecule has 0 aliphatic rings. The largest absolute Gasteiger partial charge is 0.401 e. The lowest BCUT2D eigenvalue weighted by atomic mass is 10.1. The Kier molecular flexibility index (Phi) is 5.33. The summed E-state index contributed by atoms with van der Waals surface area (Å²) in [6, 6.07) is 4.60. The number of rotatable bonds is 4. The van der Waals surface area contributed by atoms with Gasteiger partial charge < -0.3 is 0 Å². The molecule has 19 heavy (non-hydrogen) atoms. The number of hydrogen-bond donors (Lipinski definition) is 2. The van der Waals surface area contributed by atoms with Crippen LogP contribution < -0.4 is 11.3 Å². The Hall–Kier alpha value is -1.12. The third kappa shape index (κ3) is 5.17. The van der Waals surface area contributed by atoms with Crippen molar-refractivity contribution in [1.29, 1.82) is 0 Å². The molecule has 1 aromatic rings. The first kappa shape index (κ1) is 15.9. The standard InChI is InChI=1S/C11H13BrF3N3O/c1-18(6-11(13,14)15)5-8-3-2-7(4-9(8)12)10(19)17-16/h2-4H,5-6,16H2,1H3,(H,17,19). The monoisotopic (exact) mass is 339 g/mol. The Balaban J connectivity index is 2.78. The minimum absolute atomic E-state index is 0.116. The molecular formula is C11H13BrF3N3O. The molecule has 106 valence electrons. The van der Waals surface area contributed by atoms with Gasteiger partial charge in [-0.2, -0.15) is 13.2 Å². The fraction of sp³-hybridized carbons (Fsp3) is 0.364. The molecule has 1 rings (SSSR count). The number of nitrogen functional groups attached to an aromatic ring is 1. The van der Waals surface area contributed by atoms with Gasteiger partial charge in [-0.15, -0.1) is 0 Å². The fourth-order valence-corrected chi connectivity index (χ4v) is 2.06. The van der Waals surface area contributed by atoms with Gasteiger partial charge in [0.25, 0.3) is 5.91 Å². The minimum Gasteiger partial charge on any atom is -0.294 e. The highest BCUT2D eigenvalue weighted by molar-refractivity contribution is 9.10. The molecule has 0 aliphatic heterocycles. The zero-order valence-corrected chi connectivity index (χ0v) is 11.7. The van der Waals surface area contributed by atoms with Crippen LogP contribution in [0.2, 0.25) is 0 Å². The Morgan fingerprint density at radius 1 is 1.47 bits per heavy atom. The summed E-state index contributed by atoms with van der Waals surface area (Å²) in [5.41, 5.74) is 2.96. The van der Waals surface area contributed by atoms with Crippen molar-refractivity contribution in [1.82, 2.24) is 10.3 Å².